The Morgan fingerprint density at radius 1 is 1.07 bits per heavy atom. The van der Waals surface area contributed by atoms with Gasteiger partial charge < -0.3 is 20.1 Å². The first kappa shape index (κ1) is 22.2. The molecule has 0 fully saturated rings. The molecule has 0 saturated carbocycles. The minimum absolute atomic E-state index is 0.0281. The maximum absolute atomic E-state index is 12.6. The maximum atomic E-state index is 12.6. The average molecular weight is 410 g/mol. The van der Waals surface area contributed by atoms with Gasteiger partial charge in [0, 0.05) is 26.1 Å². The van der Waals surface area contributed by atoms with Gasteiger partial charge in [-0.15, -0.1) is 13.2 Å². The molecular weight excluding hydrogens is 389 g/mol. The lowest BCUT2D eigenvalue weighted by Gasteiger charge is -2.17. The molecule has 2 N–H and O–H groups in total. The summed E-state index contributed by atoms with van der Waals surface area (Å²) in [6, 6.07) is 11.7. The summed E-state index contributed by atoms with van der Waals surface area (Å²) >= 11 is 0. The SMILES string of the molecule is COCC(NC(C)=O)C(=O)NCc1ccc(-c2ccccc2OC(F)(F)F)cc1. The van der Waals surface area contributed by atoms with Gasteiger partial charge in [-0.25, -0.2) is 0 Å². The Balaban J connectivity index is 2.06. The second-order valence-corrected chi connectivity index (χ2v) is 6.17. The van der Waals surface area contributed by atoms with Gasteiger partial charge in [-0.2, -0.15) is 0 Å². The van der Waals surface area contributed by atoms with Crippen LogP contribution in [0.3, 0.4) is 0 Å². The Morgan fingerprint density at radius 3 is 2.31 bits per heavy atom. The van der Waals surface area contributed by atoms with Gasteiger partial charge in [0.2, 0.25) is 11.8 Å². The molecule has 9 heteroatoms. The Bertz CT molecular complexity index is 838. The van der Waals surface area contributed by atoms with Crippen molar-refractivity contribution < 1.29 is 32.2 Å². The van der Waals surface area contributed by atoms with Crippen LogP contribution in [0.15, 0.2) is 48.5 Å². The number of carbonyl (C=O) groups is 2. The zero-order valence-electron chi connectivity index (χ0n) is 15.9. The summed E-state index contributed by atoms with van der Waals surface area (Å²) < 4.78 is 46.7. The van der Waals surface area contributed by atoms with Crippen LogP contribution in [0.25, 0.3) is 11.1 Å². The molecule has 0 spiro atoms. The van der Waals surface area contributed by atoms with E-state index in [1.165, 1.54) is 32.2 Å². The number of benzene rings is 2. The van der Waals surface area contributed by atoms with Crippen molar-refractivity contribution in [1.82, 2.24) is 10.6 Å². The largest absolute Gasteiger partial charge is 0.573 e. The van der Waals surface area contributed by atoms with E-state index in [0.717, 1.165) is 5.56 Å². The number of amides is 2. The number of ether oxygens (including phenoxy) is 2. The maximum Gasteiger partial charge on any atom is 0.573 e. The first-order valence-corrected chi connectivity index (χ1v) is 8.67. The summed E-state index contributed by atoms with van der Waals surface area (Å²) in [5.74, 6) is -1.06. The topological polar surface area (TPSA) is 76.7 Å². The third-order valence-electron chi connectivity index (χ3n) is 3.87. The van der Waals surface area contributed by atoms with Crippen molar-refractivity contribution in [3.8, 4) is 16.9 Å². The van der Waals surface area contributed by atoms with Crippen LogP contribution in [0, 0.1) is 0 Å². The second kappa shape index (κ2) is 9.92. The molecule has 0 aliphatic heterocycles. The highest BCUT2D eigenvalue weighted by Crippen LogP contribution is 2.33. The number of rotatable bonds is 8. The lowest BCUT2D eigenvalue weighted by Crippen LogP contribution is -2.48. The minimum Gasteiger partial charge on any atom is -0.405 e. The summed E-state index contributed by atoms with van der Waals surface area (Å²) in [6.45, 7) is 1.51. The molecule has 0 bridgehead atoms. The molecule has 0 heterocycles. The molecule has 2 aromatic rings. The van der Waals surface area contributed by atoms with Crippen molar-refractivity contribution in [2.75, 3.05) is 13.7 Å². The molecule has 0 saturated heterocycles. The zero-order chi connectivity index (χ0) is 21.4. The van der Waals surface area contributed by atoms with Gasteiger partial charge in [-0.3, -0.25) is 9.59 Å². The molecule has 29 heavy (non-hydrogen) atoms. The van der Waals surface area contributed by atoms with Crippen molar-refractivity contribution in [3.05, 3.63) is 54.1 Å². The summed E-state index contributed by atoms with van der Waals surface area (Å²) in [7, 11) is 1.42. The molecule has 0 radical (unpaired) electrons. The van der Waals surface area contributed by atoms with Gasteiger partial charge in [0.25, 0.3) is 0 Å². The quantitative estimate of drug-likeness (QED) is 0.702. The highest BCUT2D eigenvalue weighted by Gasteiger charge is 2.32. The third kappa shape index (κ3) is 7.11. The molecule has 0 aliphatic rings. The van der Waals surface area contributed by atoms with E-state index in [1.807, 2.05) is 0 Å². The zero-order valence-corrected chi connectivity index (χ0v) is 15.9. The van der Waals surface area contributed by atoms with Crippen molar-refractivity contribution >= 4 is 11.8 Å². The van der Waals surface area contributed by atoms with E-state index in [-0.39, 0.29) is 24.8 Å². The Morgan fingerprint density at radius 2 is 1.72 bits per heavy atom. The number of hydrogen-bond donors (Lipinski definition) is 2. The van der Waals surface area contributed by atoms with E-state index < -0.39 is 18.3 Å². The van der Waals surface area contributed by atoms with Crippen LogP contribution in [0.2, 0.25) is 0 Å². The molecule has 2 rings (SSSR count). The van der Waals surface area contributed by atoms with Gasteiger partial charge in [-0.05, 0) is 17.2 Å². The normalized spacial score (nSPS) is 12.2. The molecule has 6 nitrogen and oxygen atoms in total. The van der Waals surface area contributed by atoms with Crippen LogP contribution < -0.4 is 15.4 Å². The lowest BCUT2D eigenvalue weighted by atomic mass is 10.0. The molecule has 0 aromatic heterocycles. The van der Waals surface area contributed by atoms with E-state index >= 15 is 0 Å². The van der Waals surface area contributed by atoms with Crippen LogP contribution in [0.5, 0.6) is 5.75 Å². The highest BCUT2D eigenvalue weighted by atomic mass is 19.4. The Hall–Kier alpha value is -3.07. The molecule has 1 unspecified atom stereocenters. The predicted octanol–water partition coefficient (Wildman–Crippen LogP) is 3.02. The average Bonchev–Trinajstić information content (AvgIpc) is 2.65. The lowest BCUT2D eigenvalue weighted by molar-refractivity contribution is -0.274. The van der Waals surface area contributed by atoms with E-state index in [4.69, 9.17) is 4.74 Å². The number of methoxy groups -OCH3 is 1. The molecule has 0 aliphatic carbocycles. The van der Waals surface area contributed by atoms with Crippen molar-refractivity contribution in [2.24, 2.45) is 0 Å². The predicted molar refractivity (Wildman–Crippen MR) is 99.9 cm³/mol. The van der Waals surface area contributed by atoms with E-state index in [2.05, 4.69) is 15.4 Å². The molecule has 156 valence electrons. The van der Waals surface area contributed by atoms with Gasteiger partial charge in [0.1, 0.15) is 11.8 Å². The van der Waals surface area contributed by atoms with Crippen LogP contribution in [0.1, 0.15) is 12.5 Å². The molecular formula is C20H21F3N2O4. The number of halogens is 3. The summed E-state index contributed by atoms with van der Waals surface area (Å²) in [6.07, 6.45) is -4.78. The smallest absolute Gasteiger partial charge is 0.405 e. The standard InChI is InChI=1S/C20H21F3N2O4/c1-13(26)25-17(12-28-2)19(27)24-11-14-7-9-15(10-8-14)16-5-3-4-6-18(16)29-20(21,22)23/h3-10,17H,11-12H2,1-2H3,(H,24,27)(H,25,26). The number of hydrogen-bond acceptors (Lipinski definition) is 4. The van der Waals surface area contributed by atoms with Crippen LogP contribution >= 0.6 is 0 Å². The summed E-state index contributed by atoms with van der Waals surface area (Å²) in [5.41, 5.74) is 1.57. The van der Waals surface area contributed by atoms with Crippen LogP contribution in [-0.2, 0) is 20.9 Å². The first-order valence-electron chi connectivity index (χ1n) is 8.67. The Kier molecular flexibility index (Phi) is 7.60. The van der Waals surface area contributed by atoms with E-state index in [0.29, 0.717) is 11.1 Å². The van der Waals surface area contributed by atoms with Crippen LogP contribution in [-0.4, -0.2) is 37.9 Å². The van der Waals surface area contributed by atoms with E-state index in [9.17, 15) is 22.8 Å². The van der Waals surface area contributed by atoms with E-state index in [1.54, 1.807) is 30.3 Å². The van der Waals surface area contributed by atoms with Gasteiger partial charge in [-0.1, -0.05) is 42.5 Å². The third-order valence-corrected chi connectivity index (χ3v) is 3.87. The summed E-state index contributed by atoms with van der Waals surface area (Å²) in [4.78, 5) is 23.3. The fourth-order valence-electron chi connectivity index (χ4n) is 2.63. The minimum atomic E-state index is -4.78. The number of para-hydroxylation sites is 1. The highest BCUT2D eigenvalue weighted by molar-refractivity contribution is 5.86. The fraction of sp³-hybridized carbons (Fsp3) is 0.300. The number of nitrogens with one attached hydrogen (secondary N) is 2. The van der Waals surface area contributed by atoms with Crippen LogP contribution in [0.4, 0.5) is 13.2 Å². The van der Waals surface area contributed by atoms with Gasteiger partial charge in [0.15, 0.2) is 0 Å². The number of carbonyl (C=O) groups excluding carboxylic acids is 2. The number of alkyl halides is 3. The van der Waals surface area contributed by atoms with Gasteiger partial charge in [0.05, 0.1) is 6.61 Å². The Labute approximate surface area is 166 Å². The van der Waals surface area contributed by atoms with Crippen molar-refractivity contribution in [1.29, 1.82) is 0 Å². The monoisotopic (exact) mass is 410 g/mol. The first-order chi connectivity index (χ1) is 13.7. The molecule has 2 aromatic carbocycles. The fourth-order valence-corrected chi connectivity index (χ4v) is 2.63. The summed E-state index contributed by atoms with van der Waals surface area (Å²) in [5, 5.41) is 5.17. The molecule has 1 atom stereocenters. The molecule has 2 amide bonds. The van der Waals surface area contributed by atoms with Crippen molar-refractivity contribution in [3.63, 3.8) is 0 Å². The van der Waals surface area contributed by atoms with Gasteiger partial charge >= 0.3 is 6.36 Å². The van der Waals surface area contributed by atoms with Crippen molar-refractivity contribution in [2.45, 2.75) is 25.9 Å². The second-order valence-electron chi connectivity index (χ2n) is 6.17.